The predicted molar refractivity (Wildman–Crippen MR) is 64.1 cm³/mol. The number of carboxylic acid groups (broad SMARTS) is 1. The molecule has 1 aliphatic carbocycles. The summed E-state index contributed by atoms with van der Waals surface area (Å²) in [4.78, 5) is 11.4. The molecule has 5 nitrogen and oxygen atoms in total. The maximum absolute atomic E-state index is 11.4. The molecule has 1 saturated carbocycles. The molecule has 1 aliphatic rings. The van der Waals surface area contributed by atoms with Crippen molar-refractivity contribution < 1.29 is 19.4 Å². The van der Waals surface area contributed by atoms with Gasteiger partial charge in [0.2, 0.25) is 0 Å². The fraction of sp³-hybridized carbons (Fsp3) is 0.917. The van der Waals surface area contributed by atoms with Crippen LogP contribution < -0.4 is 5.32 Å². The smallest absolute Gasteiger partial charge is 0.326 e. The van der Waals surface area contributed by atoms with E-state index in [2.05, 4.69) is 5.32 Å². The van der Waals surface area contributed by atoms with Crippen LogP contribution in [0.5, 0.6) is 0 Å². The maximum Gasteiger partial charge on any atom is 0.326 e. The largest absolute Gasteiger partial charge is 0.480 e. The van der Waals surface area contributed by atoms with Crippen molar-refractivity contribution in [2.24, 2.45) is 5.92 Å². The Morgan fingerprint density at radius 1 is 1.59 bits per heavy atom. The number of carbonyl (C=O) groups is 1. The molecule has 0 bridgehead atoms. The van der Waals surface area contributed by atoms with Crippen LogP contribution in [-0.4, -0.2) is 49.6 Å². The Morgan fingerprint density at radius 2 is 2.24 bits per heavy atom. The Bertz CT molecular complexity index is 255. The molecule has 17 heavy (non-hydrogen) atoms. The number of aliphatic carboxylic acids is 1. The van der Waals surface area contributed by atoms with Gasteiger partial charge in [0, 0.05) is 6.61 Å². The molecular formula is C12H23NO4. The van der Waals surface area contributed by atoms with Crippen molar-refractivity contribution in [3.05, 3.63) is 0 Å². The zero-order valence-electron chi connectivity index (χ0n) is 10.9. The Labute approximate surface area is 102 Å². The first-order valence-electron chi connectivity index (χ1n) is 6.18. The van der Waals surface area contributed by atoms with E-state index in [0.29, 0.717) is 13.2 Å². The van der Waals surface area contributed by atoms with Crippen LogP contribution in [0.4, 0.5) is 0 Å². The number of nitrogens with one attached hydrogen (secondary N) is 1. The topological polar surface area (TPSA) is 67.8 Å². The van der Waals surface area contributed by atoms with E-state index in [9.17, 15) is 9.90 Å². The van der Waals surface area contributed by atoms with Crippen molar-refractivity contribution in [3.63, 3.8) is 0 Å². The van der Waals surface area contributed by atoms with Crippen molar-refractivity contribution in [3.8, 4) is 0 Å². The van der Waals surface area contributed by atoms with Gasteiger partial charge in [0.1, 0.15) is 5.54 Å². The lowest BCUT2D eigenvalue weighted by atomic mass is 9.94. The van der Waals surface area contributed by atoms with Crippen molar-refractivity contribution >= 4 is 5.97 Å². The van der Waals surface area contributed by atoms with E-state index in [1.807, 2.05) is 13.8 Å². The van der Waals surface area contributed by atoms with Gasteiger partial charge in [-0.25, -0.2) is 0 Å². The van der Waals surface area contributed by atoms with Crippen LogP contribution in [0.25, 0.3) is 0 Å². The van der Waals surface area contributed by atoms with E-state index >= 15 is 0 Å². The van der Waals surface area contributed by atoms with Crippen molar-refractivity contribution in [2.45, 2.75) is 38.3 Å². The second kappa shape index (κ2) is 6.33. The standard InChI is InChI=1S/C12H23NO4/c1-4-16-7-9(2)17-8-12(13-3,11(14)15)10-5-6-10/h9-10,13H,4-8H2,1-3H3,(H,14,15). The van der Waals surface area contributed by atoms with Gasteiger partial charge < -0.3 is 19.9 Å². The minimum absolute atomic E-state index is 0.0826. The zero-order chi connectivity index (χ0) is 12.9. The van der Waals surface area contributed by atoms with Crippen molar-refractivity contribution in [1.82, 2.24) is 5.32 Å². The van der Waals surface area contributed by atoms with E-state index in [1.54, 1.807) is 7.05 Å². The molecule has 0 radical (unpaired) electrons. The minimum Gasteiger partial charge on any atom is -0.480 e. The predicted octanol–water partition coefficient (Wildman–Crippen LogP) is 0.881. The Balaban J connectivity index is 2.46. The molecule has 0 heterocycles. The van der Waals surface area contributed by atoms with Crippen LogP contribution in [0.3, 0.4) is 0 Å². The molecule has 1 rings (SSSR count). The molecular weight excluding hydrogens is 222 g/mol. The fourth-order valence-corrected chi connectivity index (χ4v) is 1.92. The molecule has 0 aromatic carbocycles. The summed E-state index contributed by atoms with van der Waals surface area (Å²) in [5.74, 6) is -0.643. The van der Waals surface area contributed by atoms with Gasteiger partial charge in [0.05, 0.1) is 19.3 Å². The van der Waals surface area contributed by atoms with Crippen LogP contribution in [0, 0.1) is 5.92 Å². The Hall–Kier alpha value is -0.650. The third kappa shape index (κ3) is 3.66. The summed E-state index contributed by atoms with van der Waals surface area (Å²) < 4.78 is 10.8. The van der Waals surface area contributed by atoms with E-state index in [4.69, 9.17) is 9.47 Å². The van der Waals surface area contributed by atoms with E-state index in [-0.39, 0.29) is 18.6 Å². The normalized spacial score (nSPS) is 20.9. The SMILES string of the molecule is CCOCC(C)OCC(NC)(C(=O)O)C1CC1. The molecule has 0 saturated heterocycles. The number of ether oxygens (including phenoxy) is 2. The summed E-state index contributed by atoms with van der Waals surface area (Å²) >= 11 is 0. The quantitative estimate of drug-likeness (QED) is 0.631. The average Bonchev–Trinajstić information content (AvgIpc) is 3.12. The second-order valence-corrected chi connectivity index (χ2v) is 4.58. The molecule has 2 N–H and O–H groups in total. The molecule has 2 atom stereocenters. The summed E-state index contributed by atoms with van der Waals surface area (Å²) in [6.07, 6.45) is 1.83. The highest BCUT2D eigenvalue weighted by Crippen LogP contribution is 2.40. The molecule has 0 aromatic heterocycles. The van der Waals surface area contributed by atoms with E-state index in [1.165, 1.54) is 0 Å². The van der Waals surface area contributed by atoms with Gasteiger partial charge >= 0.3 is 5.97 Å². The summed E-state index contributed by atoms with van der Waals surface area (Å²) in [5.41, 5.74) is -0.930. The second-order valence-electron chi connectivity index (χ2n) is 4.58. The summed E-state index contributed by atoms with van der Waals surface area (Å²) in [7, 11) is 1.68. The molecule has 100 valence electrons. The van der Waals surface area contributed by atoms with Gasteiger partial charge in [-0.3, -0.25) is 4.79 Å². The van der Waals surface area contributed by atoms with Crippen LogP contribution in [0.15, 0.2) is 0 Å². The van der Waals surface area contributed by atoms with Gasteiger partial charge in [-0.05, 0) is 39.7 Å². The number of likely N-dealkylation sites (N-methyl/N-ethyl adjacent to an activating group) is 1. The van der Waals surface area contributed by atoms with Crippen molar-refractivity contribution in [1.29, 1.82) is 0 Å². The summed E-state index contributed by atoms with van der Waals surface area (Å²) in [6.45, 7) is 5.15. The number of carboxylic acids is 1. The molecule has 0 aliphatic heterocycles. The molecule has 0 aromatic rings. The first kappa shape index (κ1) is 14.4. The van der Waals surface area contributed by atoms with Gasteiger partial charge in [-0.2, -0.15) is 0 Å². The monoisotopic (exact) mass is 245 g/mol. The molecule has 5 heteroatoms. The first-order valence-corrected chi connectivity index (χ1v) is 6.18. The number of hydrogen-bond acceptors (Lipinski definition) is 4. The van der Waals surface area contributed by atoms with E-state index in [0.717, 1.165) is 12.8 Å². The fourth-order valence-electron chi connectivity index (χ4n) is 1.92. The zero-order valence-corrected chi connectivity index (χ0v) is 10.9. The Kier molecular flexibility index (Phi) is 5.36. The van der Waals surface area contributed by atoms with Crippen LogP contribution >= 0.6 is 0 Å². The number of rotatable bonds is 9. The van der Waals surface area contributed by atoms with Crippen LogP contribution in [0.2, 0.25) is 0 Å². The number of hydrogen-bond donors (Lipinski definition) is 2. The third-order valence-electron chi connectivity index (χ3n) is 3.25. The summed E-state index contributed by atoms with van der Waals surface area (Å²) in [6, 6.07) is 0. The third-order valence-corrected chi connectivity index (χ3v) is 3.25. The van der Waals surface area contributed by atoms with Gasteiger partial charge in [0.15, 0.2) is 0 Å². The molecule has 1 fully saturated rings. The lowest BCUT2D eigenvalue weighted by molar-refractivity contribution is -0.150. The average molecular weight is 245 g/mol. The van der Waals surface area contributed by atoms with E-state index < -0.39 is 11.5 Å². The minimum atomic E-state index is -0.930. The highest BCUT2D eigenvalue weighted by molar-refractivity contribution is 5.80. The molecule has 0 amide bonds. The lowest BCUT2D eigenvalue weighted by Crippen LogP contribution is -2.56. The summed E-state index contributed by atoms with van der Waals surface area (Å²) in [5, 5.41) is 12.3. The lowest BCUT2D eigenvalue weighted by Gasteiger charge is -2.30. The molecule has 2 unspecified atom stereocenters. The Morgan fingerprint density at radius 3 is 2.65 bits per heavy atom. The first-order chi connectivity index (χ1) is 8.06. The van der Waals surface area contributed by atoms with Crippen molar-refractivity contribution in [2.75, 3.05) is 26.9 Å². The van der Waals surface area contributed by atoms with Gasteiger partial charge in [-0.1, -0.05) is 0 Å². The van der Waals surface area contributed by atoms with Gasteiger partial charge in [0.25, 0.3) is 0 Å². The van der Waals surface area contributed by atoms with Gasteiger partial charge in [-0.15, -0.1) is 0 Å². The van der Waals surface area contributed by atoms with Crippen LogP contribution in [-0.2, 0) is 14.3 Å². The van der Waals surface area contributed by atoms with Crippen LogP contribution in [0.1, 0.15) is 26.7 Å². The highest BCUT2D eigenvalue weighted by Gasteiger charge is 2.50. The maximum atomic E-state index is 11.4. The highest BCUT2D eigenvalue weighted by atomic mass is 16.5. The molecule has 0 spiro atoms.